The zero-order valence-corrected chi connectivity index (χ0v) is 16.0. The molecule has 10 heteroatoms. The summed E-state index contributed by atoms with van der Waals surface area (Å²) in [6, 6.07) is 6.55. The second-order valence-electron chi connectivity index (χ2n) is 5.11. The van der Waals surface area contributed by atoms with E-state index in [2.05, 4.69) is 0 Å². The molecule has 0 aliphatic rings. The van der Waals surface area contributed by atoms with E-state index in [-0.39, 0.29) is 32.9 Å². The fraction of sp³-hybridized carbons (Fsp3) is 0.250. The standard InChI is InChI=1S/C16H14Cl2F3NO3S/c1-3-22(11-6-4-5-10(9-11)16(19,20)21)26(23,24)13-8-7-12(25-2)14(17)15(13)18/h4-9H,3H2,1-2H3. The van der Waals surface area contributed by atoms with Crippen LogP contribution < -0.4 is 9.04 Å². The molecule has 0 aliphatic heterocycles. The van der Waals surface area contributed by atoms with Crippen molar-refractivity contribution in [2.24, 2.45) is 0 Å². The number of anilines is 1. The second-order valence-corrected chi connectivity index (χ2v) is 7.70. The molecule has 2 rings (SSSR count). The molecule has 0 bridgehead atoms. The maximum Gasteiger partial charge on any atom is 0.416 e. The highest BCUT2D eigenvalue weighted by atomic mass is 35.5. The number of nitrogens with zero attached hydrogens (tertiary/aromatic N) is 1. The number of sulfonamides is 1. The molecule has 0 saturated heterocycles. The number of hydrogen-bond donors (Lipinski definition) is 0. The van der Waals surface area contributed by atoms with Gasteiger partial charge in [-0.2, -0.15) is 13.2 Å². The zero-order chi connectivity index (χ0) is 19.7. The van der Waals surface area contributed by atoms with E-state index in [1.165, 1.54) is 32.2 Å². The van der Waals surface area contributed by atoms with Crippen LogP contribution in [0.1, 0.15) is 12.5 Å². The van der Waals surface area contributed by atoms with Gasteiger partial charge in [-0.05, 0) is 37.3 Å². The van der Waals surface area contributed by atoms with Crippen LogP contribution >= 0.6 is 23.2 Å². The van der Waals surface area contributed by atoms with Gasteiger partial charge in [-0.25, -0.2) is 8.42 Å². The van der Waals surface area contributed by atoms with Crippen LogP contribution in [0.15, 0.2) is 41.3 Å². The molecule has 2 aromatic rings. The lowest BCUT2D eigenvalue weighted by Crippen LogP contribution is -2.31. The van der Waals surface area contributed by atoms with Crippen LogP contribution in [0.2, 0.25) is 10.0 Å². The molecule has 0 unspecified atom stereocenters. The number of ether oxygens (including phenoxy) is 1. The monoisotopic (exact) mass is 427 g/mol. The van der Waals surface area contributed by atoms with Crippen LogP contribution in [0.4, 0.5) is 18.9 Å². The van der Waals surface area contributed by atoms with Crippen LogP contribution in [0.5, 0.6) is 5.75 Å². The Morgan fingerprint density at radius 1 is 1.12 bits per heavy atom. The van der Waals surface area contributed by atoms with Crippen LogP contribution in [0, 0.1) is 0 Å². The molecule has 0 amide bonds. The lowest BCUT2D eigenvalue weighted by Gasteiger charge is -2.24. The number of benzene rings is 2. The van der Waals surface area contributed by atoms with Gasteiger partial charge in [0, 0.05) is 6.54 Å². The van der Waals surface area contributed by atoms with Gasteiger partial charge in [-0.3, -0.25) is 4.31 Å². The smallest absolute Gasteiger partial charge is 0.416 e. The maximum atomic E-state index is 13.0. The second kappa shape index (κ2) is 7.54. The predicted octanol–water partition coefficient (Wildman–Crippen LogP) is 5.24. The van der Waals surface area contributed by atoms with E-state index < -0.39 is 21.8 Å². The van der Waals surface area contributed by atoms with Crippen LogP contribution in [0.25, 0.3) is 0 Å². The third-order valence-electron chi connectivity index (χ3n) is 3.55. The van der Waals surface area contributed by atoms with E-state index in [9.17, 15) is 21.6 Å². The zero-order valence-electron chi connectivity index (χ0n) is 13.6. The molecular formula is C16H14Cl2F3NO3S. The minimum atomic E-state index is -4.60. The first-order valence-electron chi connectivity index (χ1n) is 7.26. The highest BCUT2D eigenvalue weighted by Crippen LogP contribution is 2.39. The first kappa shape index (κ1) is 20.7. The Labute approximate surface area is 159 Å². The highest BCUT2D eigenvalue weighted by Gasteiger charge is 2.33. The van der Waals surface area contributed by atoms with Crippen molar-refractivity contribution in [2.75, 3.05) is 18.0 Å². The van der Waals surface area contributed by atoms with E-state index in [1.54, 1.807) is 0 Å². The third kappa shape index (κ3) is 3.87. The summed E-state index contributed by atoms with van der Waals surface area (Å²) >= 11 is 12.1. The Hall–Kier alpha value is -1.64. The molecule has 26 heavy (non-hydrogen) atoms. The van der Waals surface area contributed by atoms with E-state index in [4.69, 9.17) is 27.9 Å². The predicted molar refractivity (Wildman–Crippen MR) is 94.7 cm³/mol. The van der Waals surface area contributed by atoms with Gasteiger partial charge in [-0.15, -0.1) is 0 Å². The van der Waals surface area contributed by atoms with Crippen LogP contribution in [-0.4, -0.2) is 22.1 Å². The molecule has 0 saturated carbocycles. The van der Waals surface area contributed by atoms with E-state index >= 15 is 0 Å². The molecule has 0 fully saturated rings. The molecule has 0 radical (unpaired) electrons. The van der Waals surface area contributed by atoms with Crippen molar-refractivity contribution in [1.82, 2.24) is 0 Å². The Bertz CT molecular complexity index is 917. The topological polar surface area (TPSA) is 46.6 Å². The number of rotatable bonds is 5. The lowest BCUT2D eigenvalue weighted by atomic mass is 10.2. The maximum absolute atomic E-state index is 13.0. The first-order valence-corrected chi connectivity index (χ1v) is 9.45. The summed E-state index contributed by atoms with van der Waals surface area (Å²) in [4.78, 5) is -0.329. The molecule has 0 aromatic heterocycles. The van der Waals surface area contributed by atoms with Gasteiger partial charge in [0.25, 0.3) is 10.0 Å². The molecular weight excluding hydrogens is 414 g/mol. The fourth-order valence-corrected chi connectivity index (χ4v) is 4.60. The molecule has 4 nitrogen and oxygen atoms in total. The Morgan fingerprint density at radius 3 is 2.31 bits per heavy atom. The van der Waals surface area contributed by atoms with Gasteiger partial charge in [0.05, 0.1) is 23.4 Å². The van der Waals surface area contributed by atoms with Gasteiger partial charge in [0.1, 0.15) is 15.7 Å². The fourth-order valence-electron chi connectivity index (χ4n) is 2.32. The van der Waals surface area contributed by atoms with Crippen LogP contribution in [0.3, 0.4) is 0 Å². The Balaban J connectivity index is 2.59. The minimum Gasteiger partial charge on any atom is -0.495 e. The lowest BCUT2D eigenvalue weighted by molar-refractivity contribution is -0.137. The minimum absolute atomic E-state index is 0.102. The number of hydrogen-bond acceptors (Lipinski definition) is 3. The van der Waals surface area contributed by atoms with E-state index in [1.807, 2.05) is 0 Å². The van der Waals surface area contributed by atoms with E-state index in [0.29, 0.717) is 0 Å². The van der Waals surface area contributed by atoms with Crippen LogP contribution in [-0.2, 0) is 16.2 Å². The molecule has 142 valence electrons. The molecule has 2 aromatic carbocycles. The van der Waals surface area contributed by atoms with Crippen molar-refractivity contribution in [1.29, 1.82) is 0 Å². The number of methoxy groups -OCH3 is 1. The van der Waals surface area contributed by atoms with Crippen molar-refractivity contribution in [3.8, 4) is 5.75 Å². The summed E-state index contributed by atoms with van der Waals surface area (Å²) in [5.41, 5.74) is -1.09. The average Bonchev–Trinajstić information content (AvgIpc) is 2.57. The summed E-state index contributed by atoms with van der Waals surface area (Å²) in [6.07, 6.45) is -4.60. The Morgan fingerprint density at radius 2 is 1.77 bits per heavy atom. The first-order chi connectivity index (χ1) is 12.0. The van der Waals surface area contributed by atoms with Crippen molar-refractivity contribution in [2.45, 2.75) is 18.0 Å². The highest BCUT2D eigenvalue weighted by molar-refractivity contribution is 7.93. The summed E-state index contributed by atoms with van der Waals surface area (Å²) < 4.78 is 70.5. The quantitative estimate of drug-likeness (QED) is 0.655. The van der Waals surface area contributed by atoms with Crippen molar-refractivity contribution < 1.29 is 26.3 Å². The normalized spacial score (nSPS) is 12.1. The number of alkyl halides is 3. The number of halogens is 5. The molecule has 0 spiro atoms. The Kier molecular flexibility index (Phi) is 5.99. The summed E-state index contributed by atoms with van der Waals surface area (Å²) in [5.74, 6) is 0.178. The van der Waals surface area contributed by atoms with Gasteiger partial charge < -0.3 is 4.74 Å². The van der Waals surface area contributed by atoms with Gasteiger partial charge in [-0.1, -0.05) is 29.3 Å². The molecule has 0 N–H and O–H groups in total. The average molecular weight is 428 g/mol. The summed E-state index contributed by atoms with van der Waals surface area (Å²) in [6.45, 7) is 1.39. The van der Waals surface area contributed by atoms with Crippen molar-refractivity contribution >= 4 is 38.9 Å². The van der Waals surface area contributed by atoms with Crippen molar-refractivity contribution in [3.05, 3.63) is 52.0 Å². The van der Waals surface area contributed by atoms with Gasteiger partial charge >= 0.3 is 6.18 Å². The van der Waals surface area contributed by atoms with Crippen molar-refractivity contribution in [3.63, 3.8) is 0 Å². The summed E-state index contributed by atoms with van der Waals surface area (Å²) in [7, 11) is -2.91. The molecule has 0 aliphatic carbocycles. The third-order valence-corrected chi connectivity index (χ3v) is 6.47. The molecule has 0 heterocycles. The van der Waals surface area contributed by atoms with Gasteiger partial charge in [0.2, 0.25) is 0 Å². The summed E-state index contributed by atoms with van der Waals surface area (Å²) in [5, 5.41) is -0.369. The van der Waals surface area contributed by atoms with Gasteiger partial charge in [0.15, 0.2) is 0 Å². The molecule has 0 atom stereocenters. The largest absolute Gasteiger partial charge is 0.495 e. The van der Waals surface area contributed by atoms with E-state index in [0.717, 1.165) is 22.5 Å². The SMILES string of the molecule is CCN(c1cccc(C(F)(F)F)c1)S(=O)(=O)c1ccc(OC)c(Cl)c1Cl.